The van der Waals surface area contributed by atoms with Crippen LogP contribution in [0.5, 0.6) is 5.75 Å². The Labute approximate surface area is 124 Å². The molecule has 2 aliphatic rings. The summed E-state index contributed by atoms with van der Waals surface area (Å²) in [7, 11) is 0. The van der Waals surface area contributed by atoms with Gasteiger partial charge in [-0.15, -0.1) is 0 Å². The second-order valence-corrected chi connectivity index (χ2v) is 6.00. The van der Waals surface area contributed by atoms with Crippen molar-refractivity contribution in [3.8, 4) is 5.75 Å². The highest BCUT2D eigenvalue weighted by atomic mass is 35.5. The average Bonchev–Trinajstić information content (AvgIpc) is 2.44. The van der Waals surface area contributed by atoms with Gasteiger partial charge in [-0.3, -0.25) is 0 Å². The van der Waals surface area contributed by atoms with Gasteiger partial charge >= 0.3 is 0 Å². The Kier molecular flexibility index (Phi) is 4.06. The maximum atomic E-state index is 6.06. The SMILES string of the molecule is Nc1ccc(Cl)cc1OC1CCOC2(CCOCC2)C1. The molecule has 2 N–H and O–H groups in total. The molecule has 0 amide bonds. The van der Waals surface area contributed by atoms with Crippen molar-refractivity contribution in [3.05, 3.63) is 23.2 Å². The molecule has 110 valence electrons. The van der Waals surface area contributed by atoms with Crippen LogP contribution in [0.2, 0.25) is 5.02 Å². The summed E-state index contributed by atoms with van der Waals surface area (Å²) in [6.07, 6.45) is 3.79. The quantitative estimate of drug-likeness (QED) is 0.853. The molecular formula is C15H20ClNO3. The first-order valence-electron chi connectivity index (χ1n) is 7.10. The molecule has 1 unspecified atom stereocenters. The minimum atomic E-state index is -0.0749. The fourth-order valence-electron chi connectivity index (χ4n) is 2.97. The van der Waals surface area contributed by atoms with Crippen LogP contribution >= 0.6 is 11.6 Å². The first-order chi connectivity index (χ1) is 9.67. The average molecular weight is 298 g/mol. The maximum absolute atomic E-state index is 6.06. The predicted octanol–water partition coefficient (Wildman–Crippen LogP) is 3.03. The van der Waals surface area contributed by atoms with Crippen LogP contribution in [0.4, 0.5) is 5.69 Å². The molecule has 0 aromatic heterocycles. The summed E-state index contributed by atoms with van der Waals surface area (Å²) in [6.45, 7) is 2.27. The molecule has 0 aliphatic carbocycles. The van der Waals surface area contributed by atoms with Crippen LogP contribution < -0.4 is 10.5 Å². The first-order valence-corrected chi connectivity index (χ1v) is 7.48. The Balaban J connectivity index is 1.69. The summed E-state index contributed by atoms with van der Waals surface area (Å²) in [4.78, 5) is 0. The summed E-state index contributed by atoms with van der Waals surface area (Å²) in [5, 5.41) is 0.641. The lowest BCUT2D eigenvalue weighted by Crippen LogP contribution is -2.47. The van der Waals surface area contributed by atoms with Gasteiger partial charge in [-0.05, 0) is 25.0 Å². The van der Waals surface area contributed by atoms with E-state index in [2.05, 4.69) is 0 Å². The molecule has 1 aromatic rings. The van der Waals surface area contributed by atoms with E-state index in [0.717, 1.165) is 45.5 Å². The van der Waals surface area contributed by atoms with Gasteiger partial charge in [0, 0.05) is 37.1 Å². The van der Waals surface area contributed by atoms with Gasteiger partial charge in [0.05, 0.1) is 17.9 Å². The molecule has 0 radical (unpaired) electrons. The summed E-state index contributed by atoms with van der Waals surface area (Å²) < 4.78 is 17.5. The van der Waals surface area contributed by atoms with Gasteiger partial charge in [-0.25, -0.2) is 0 Å². The molecule has 2 saturated heterocycles. The van der Waals surface area contributed by atoms with Crippen LogP contribution in [-0.2, 0) is 9.47 Å². The monoisotopic (exact) mass is 297 g/mol. The molecule has 1 atom stereocenters. The van der Waals surface area contributed by atoms with Crippen molar-refractivity contribution in [2.45, 2.75) is 37.4 Å². The number of benzene rings is 1. The molecule has 3 rings (SSSR count). The van der Waals surface area contributed by atoms with Gasteiger partial charge in [-0.2, -0.15) is 0 Å². The van der Waals surface area contributed by atoms with Crippen LogP contribution in [0.1, 0.15) is 25.7 Å². The van der Waals surface area contributed by atoms with Crippen LogP contribution in [0.3, 0.4) is 0 Å². The Morgan fingerprint density at radius 3 is 2.85 bits per heavy atom. The molecule has 5 heteroatoms. The number of hydrogen-bond donors (Lipinski definition) is 1. The predicted molar refractivity (Wildman–Crippen MR) is 78.3 cm³/mol. The molecule has 2 aliphatic heterocycles. The van der Waals surface area contributed by atoms with E-state index in [4.69, 9.17) is 31.5 Å². The van der Waals surface area contributed by atoms with Gasteiger partial charge in [0.15, 0.2) is 0 Å². The standard InChI is InChI=1S/C15H20ClNO3/c16-11-1-2-13(17)14(9-11)20-12-3-6-19-15(10-12)4-7-18-8-5-15/h1-2,9,12H,3-8,10,17H2. The van der Waals surface area contributed by atoms with Crippen molar-refractivity contribution in [1.82, 2.24) is 0 Å². The highest BCUT2D eigenvalue weighted by Gasteiger charge is 2.40. The highest BCUT2D eigenvalue weighted by Crippen LogP contribution is 2.37. The van der Waals surface area contributed by atoms with E-state index in [1.54, 1.807) is 18.2 Å². The molecular weight excluding hydrogens is 278 g/mol. The molecule has 4 nitrogen and oxygen atoms in total. The van der Waals surface area contributed by atoms with Gasteiger partial charge in [0.2, 0.25) is 0 Å². The van der Waals surface area contributed by atoms with Crippen LogP contribution in [0.25, 0.3) is 0 Å². The summed E-state index contributed by atoms with van der Waals surface area (Å²) >= 11 is 6.00. The normalized spacial score (nSPS) is 25.6. The van der Waals surface area contributed by atoms with Crippen LogP contribution in [0.15, 0.2) is 18.2 Å². The third kappa shape index (κ3) is 3.03. The smallest absolute Gasteiger partial charge is 0.144 e. The number of hydrogen-bond acceptors (Lipinski definition) is 4. The Morgan fingerprint density at radius 2 is 2.05 bits per heavy atom. The zero-order valence-electron chi connectivity index (χ0n) is 11.4. The van der Waals surface area contributed by atoms with Crippen LogP contribution in [0, 0.1) is 0 Å². The molecule has 0 saturated carbocycles. The lowest BCUT2D eigenvalue weighted by atomic mass is 9.85. The number of nitrogen functional groups attached to an aromatic ring is 1. The van der Waals surface area contributed by atoms with E-state index in [1.165, 1.54) is 0 Å². The Morgan fingerprint density at radius 1 is 1.25 bits per heavy atom. The third-order valence-corrected chi connectivity index (χ3v) is 4.36. The number of halogens is 1. The minimum Gasteiger partial charge on any atom is -0.488 e. The van der Waals surface area contributed by atoms with Crippen molar-refractivity contribution in [2.24, 2.45) is 0 Å². The van der Waals surface area contributed by atoms with Gasteiger partial charge in [-0.1, -0.05) is 11.6 Å². The molecule has 2 fully saturated rings. The largest absolute Gasteiger partial charge is 0.488 e. The zero-order valence-corrected chi connectivity index (χ0v) is 12.2. The lowest BCUT2D eigenvalue weighted by molar-refractivity contribution is -0.155. The summed E-state index contributed by atoms with van der Waals surface area (Å²) in [5.74, 6) is 0.673. The fourth-order valence-corrected chi connectivity index (χ4v) is 3.13. The van der Waals surface area contributed by atoms with E-state index >= 15 is 0 Å². The maximum Gasteiger partial charge on any atom is 0.144 e. The molecule has 0 bridgehead atoms. The van der Waals surface area contributed by atoms with Gasteiger partial charge in [0.1, 0.15) is 11.9 Å². The van der Waals surface area contributed by atoms with E-state index in [0.29, 0.717) is 16.5 Å². The van der Waals surface area contributed by atoms with Crippen molar-refractivity contribution < 1.29 is 14.2 Å². The first kappa shape index (κ1) is 14.0. The summed E-state index contributed by atoms with van der Waals surface area (Å²) in [5.41, 5.74) is 6.49. The van der Waals surface area contributed by atoms with Crippen LogP contribution in [-0.4, -0.2) is 31.5 Å². The van der Waals surface area contributed by atoms with Crippen molar-refractivity contribution in [1.29, 1.82) is 0 Å². The van der Waals surface area contributed by atoms with Crippen molar-refractivity contribution in [2.75, 3.05) is 25.6 Å². The van der Waals surface area contributed by atoms with E-state index < -0.39 is 0 Å². The molecule has 2 heterocycles. The lowest BCUT2D eigenvalue weighted by Gasteiger charge is -2.43. The van der Waals surface area contributed by atoms with Crippen molar-refractivity contribution in [3.63, 3.8) is 0 Å². The van der Waals surface area contributed by atoms with E-state index in [-0.39, 0.29) is 11.7 Å². The van der Waals surface area contributed by atoms with E-state index in [9.17, 15) is 0 Å². The number of ether oxygens (including phenoxy) is 3. The van der Waals surface area contributed by atoms with Gasteiger partial charge < -0.3 is 19.9 Å². The minimum absolute atomic E-state index is 0.0749. The molecule has 1 aromatic carbocycles. The highest BCUT2D eigenvalue weighted by molar-refractivity contribution is 6.30. The molecule has 20 heavy (non-hydrogen) atoms. The topological polar surface area (TPSA) is 53.7 Å². The number of anilines is 1. The summed E-state index contributed by atoms with van der Waals surface area (Å²) in [6, 6.07) is 5.33. The fraction of sp³-hybridized carbons (Fsp3) is 0.600. The van der Waals surface area contributed by atoms with E-state index in [1.807, 2.05) is 0 Å². The number of rotatable bonds is 2. The molecule has 1 spiro atoms. The van der Waals surface area contributed by atoms with Gasteiger partial charge in [0.25, 0.3) is 0 Å². The Bertz CT molecular complexity index is 469. The van der Waals surface area contributed by atoms with Crippen molar-refractivity contribution >= 4 is 17.3 Å². The Hall–Kier alpha value is -0.970. The third-order valence-electron chi connectivity index (χ3n) is 4.12. The number of nitrogens with two attached hydrogens (primary N) is 1. The second-order valence-electron chi connectivity index (χ2n) is 5.56. The zero-order chi connectivity index (χ0) is 14.0. The second kappa shape index (κ2) is 5.80.